The molecule has 0 saturated heterocycles. The van der Waals surface area contributed by atoms with Crippen LogP contribution in [0.2, 0.25) is 0 Å². The third kappa shape index (κ3) is 4.06. The third-order valence-electron chi connectivity index (χ3n) is 2.16. The minimum atomic E-state index is -4.31. The molecule has 5 heteroatoms. The van der Waals surface area contributed by atoms with Crippen molar-refractivity contribution in [2.24, 2.45) is 0 Å². The van der Waals surface area contributed by atoms with Gasteiger partial charge in [-0.15, -0.1) is 0 Å². The second-order valence-electron chi connectivity index (χ2n) is 3.88. The molecule has 0 amide bonds. The summed E-state index contributed by atoms with van der Waals surface area (Å²) in [7, 11) is 0. The zero-order valence-corrected chi connectivity index (χ0v) is 9.82. The molecule has 0 aliphatic heterocycles. The van der Waals surface area contributed by atoms with Crippen molar-refractivity contribution in [2.45, 2.75) is 25.0 Å². The summed E-state index contributed by atoms with van der Waals surface area (Å²) in [5.41, 5.74) is -4.36. The highest BCUT2D eigenvalue weighted by Crippen LogP contribution is 2.35. The maximum absolute atomic E-state index is 12.0. The molecule has 1 nitrogen and oxygen atoms in total. The average Bonchev–Trinajstić information content (AvgIpc) is 2.14. The average molecular weight is 250 g/mol. The first-order valence-electron chi connectivity index (χ1n) is 4.71. The zero-order valence-electron chi connectivity index (χ0n) is 9.01. The van der Waals surface area contributed by atoms with Crippen LogP contribution in [-0.2, 0) is 5.60 Å². The van der Waals surface area contributed by atoms with Crippen molar-refractivity contribution in [2.75, 3.05) is 5.75 Å². The molecule has 0 radical (unpaired) electrons. The van der Waals surface area contributed by atoms with Crippen LogP contribution in [0, 0.1) is 6.92 Å². The summed E-state index contributed by atoms with van der Waals surface area (Å²) in [5, 5.41) is 9.95. The Hall–Kier alpha value is -0.680. The highest BCUT2D eigenvalue weighted by molar-refractivity contribution is 8.00. The first-order valence-corrected chi connectivity index (χ1v) is 5.69. The summed E-state index contributed by atoms with van der Waals surface area (Å²) in [4.78, 5) is 0. The molecular weight excluding hydrogens is 237 g/mol. The lowest BCUT2D eigenvalue weighted by atomic mass is 9.97. The van der Waals surface area contributed by atoms with E-state index in [1.165, 1.54) is 6.92 Å². The summed E-state index contributed by atoms with van der Waals surface area (Å²) in [6.07, 6.45) is 0. The normalized spacial score (nSPS) is 15.9. The van der Waals surface area contributed by atoms with E-state index in [1.54, 1.807) is 18.2 Å². The van der Waals surface area contributed by atoms with Gasteiger partial charge in [-0.3, -0.25) is 0 Å². The van der Waals surface area contributed by atoms with Crippen molar-refractivity contribution < 1.29 is 18.3 Å². The van der Waals surface area contributed by atoms with E-state index >= 15 is 0 Å². The minimum Gasteiger partial charge on any atom is -0.385 e. The maximum atomic E-state index is 12.0. The van der Waals surface area contributed by atoms with E-state index in [1.807, 2.05) is 13.0 Å². The number of hydrogen-bond acceptors (Lipinski definition) is 2. The molecule has 1 aromatic carbocycles. The highest BCUT2D eigenvalue weighted by atomic mass is 32.2. The number of thioether (sulfide) groups is 1. The Morgan fingerprint density at radius 1 is 1.31 bits per heavy atom. The Balaban J connectivity index is 2.77. The Bertz CT molecular complexity index is 360. The molecule has 0 fully saturated rings. The van der Waals surface area contributed by atoms with E-state index in [-0.39, 0.29) is 11.8 Å². The van der Waals surface area contributed by atoms with Crippen LogP contribution in [0.3, 0.4) is 0 Å². The maximum Gasteiger partial charge on any atom is 0.441 e. The smallest absolute Gasteiger partial charge is 0.385 e. The molecule has 1 rings (SSSR count). The van der Waals surface area contributed by atoms with Crippen molar-refractivity contribution in [1.82, 2.24) is 0 Å². The summed E-state index contributed by atoms with van der Waals surface area (Å²) < 4.78 is 36.1. The monoisotopic (exact) mass is 250 g/mol. The van der Waals surface area contributed by atoms with Crippen molar-refractivity contribution >= 4 is 11.8 Å². The standard InChI is InChI=1S/C11H13F3OS/c1-8-4-3-5-9(6-8)10(2,15)7-16-11(12,13)14/h3-6,15H,7H2,1-2H3. The van der Waals surface area contributed by atoms with Crippen molar-refractivity contribution in [3.8, 4) is 0 Å². The number of halogens is 3. The number of rotatable bonds is 3. The van der Waals surface area contributed by atoms with E-state index in [0.29, 0.717) is 5.56 Å². The van der Waals surface area contributed by atoms with E-state index in [2.05, 4.69) is 0 Å². The fourth-order valence-electron chi connectivity index (χ4n) is 1.29. The van der Waals surface area contributed by atoms with E-state index in [0.717, 1.165) is 5.56 Å². The van der Waals surface area contributed by atoms with Crippen LogP contribution in [0.5, 0.6) is 0 Å². The fourth-order valence-corrected chi connectivity index (χ4v) is 1.90. The first kappa shape index (κ1) is 13.4. The molecule has 0 aromatic heterocycles. The summed E-state index contributed by atoms with van der Waals surface area (Å²) in [6.45, 7) is 3.22. The third-order valence-corrected chi connectivity index (χ3v) is 3.19. The zero-order chi connectivity index (χ0) is 12.4. The summed E-state index contributed by atoms with van der Waals surface area (Å²) in [6, 6.07) is 6.87. The van der Waals surface area contributed by atoms with Crippen molar-refractivity contribution in [3.05, 3.63) is 35.4 Å². The molecule has 1 atom stereocenters. The quantitative estimate of drug-likeness (QED) is 0.886. The van der Waals surface area contributed by atoms with Gasteiger partial charge in [0.05, 0.1) is 5.60 Å². The van der Waals surface area contributed by atoms with Crippen LogP contribution in [0.4, 0.5) is 13.2 Å². The fraction of sp³-hybridized carbons (Fsp3) is 0.455. The minimum absolute atomic E-state index is 0.209. The Labute approximate surface area is 96.7 Å². The highest BCUT2D eigenvalue weighted by Gasteiger charge is 2.34. The molecule has 0 aliphatic carbocycles. The molecule has 1 aromatic rings. The van der Waals surface area contributed by atoms with Gasteiger partial charge in [-0.05, 0) is 31.2 Å². The van der Waals surface area contributed by atoms with E-state index in [4.69, 9.17) is 0 Å². The van der Waals surface area contributed by atoms with Gasteiger partial charge < -0.3 is 5.11 Å². The molecule has 0 spiro atoms. The Kier molecular flexibility index (Phi) is 3.91. The lowest BCUT2D eigenvalue weighted by Gasteiger charge is -2.24. The SMILES string of the molecule is Cc1cccc(C(C)(O)CSC(F)(F)F)c1. The molecule has 90 valence electrons. The van der Waals surface area contributed by atoms with Crippen LogP contribution < -0.4 is 0 Å². The predicted octanol–water partition coefficient (Wildman–Crippen LogP) is 3.46. The van der Waals surface area contributed by atoms with Crippen LogP contribution in [0.25, 0.3) is 0 Å². The number of hydrogen-bond donors (Lipinski definition) is 1. The summed E-state index contributed by atoms with van der Waals surface area (Å²) in [5.74, 6) is -0.403. The number of aliphatic hydroxyl groups is 1. The number of alkyl halides is 3. The van der Waals surface area contributed by atoms with Crippen molar-refractivity contribution in [3.63, 3.8) is 0 Å². The van der Waals surface area contributed by atoms with Gasteiger partial charge in [0.25, 0.3) is 0 Å². The predicted molar refractivity (Wildman–Crippen MR) is 59.3 cm³/mol. The van der Waals surface area contributed by atoms with Crippen LogP contribution in [-0.4, -0.2) is 16.4 Å². The molecule has 0 saturated carbocycles. The van der Waals surface area contributed by atoms with Crippen LogP contribution in [0.15, 0.2) is 24.3 Å². The number of aryl methyl sites for hydroxylation is 1. The van der Waals surface area contributed by atoms with Gasteiger partial charge in [-0.2, -0.15) is 13.2 Å². The molecule has 0 heterocycles. The van der Waals surface area contributed by atoms with Crippen LogP contribution in [0.1, 0.15) is 18.1 Å². The molecular formula is C11H13F3OS. The Morgan fingerprint density at radius 2 is 1.94 bits per heavy atom. The Morgan fingerprint density at radius 3 is 2.44 bits per heavy atom. The van der Waals surface area contributed by atoms with Gasteiger partial charge in [0.15, 0.2) is 0 Å². The molecule has 0 bridgehead atoms. The van der Waals surface area contributed by atoms with Gasteiger partial charge in [0.1, 0.15) is 0 Å². The van der Waals surface area contributed by atoms with Gasteiger partial charge in [-0.1, -0.05) is 29.8 Å². The van der Waals surface area contributed by atoms with Crippen LogP contribution >= 0.6 is 11.8 Å². The van der Waals surface area contributed by atoms with Crippen molar-refractivity contribution in [1.29, 1.82) is 0 Å². The first-order chi connectivity index (χ1) is 7.21. The lowest BCUT2D eigenvalue weighted by molar-refractivity contribution is -0.0345. The largest absolute Gasteiger partial charge is 0.441 e. The van der Waals surface area contributed by atoms with Gasteiger partial charge in [-0.25, -0.2) is 0 Å². The topological polar surface area (TPSA) is 20.2 Å². The summed E-state index contributed by atoms with van der Waals surface area (Å²) >= 11 is -0.209. The number of benzene rings is 1. The molecule has 1 unspecified atom stereocenters. The molecule has 16 heavy (non-hydrogen) atoms. The van der Waals surface area contributed by atoms with Gasteiger partial charge in [0.2, 0.25) is 0 Å². The lowest BCUT2D eigenvalue weighted by Crippen LogP contribution is -2.26. The second kappa shape index (κ2) is 4.67. The van der Waals surface area contributed by atoms with E-state index in [9.17, 15) is 18.3 Å². The van der Waals surface area contributed by atoms with Gasteiger partial charge >= 0.3 is 5.51 Å². The second-order valence-corrected chi connectivity index (χ2v) is 4.92. The molecule has 0 aliphatic rings. The molecule has 1 N–H and O–H groups in total. The van der Waals surface area contributed by atoms with E-state index < -0.39 is 16.9 Å². The van der Waals surface area contributed by atoms with Gasteiger partial charge in [0, 0.05) is 5.75 Å².